The molecule has 0 amide bonds. The van der Waals surface area contributed by atoms with Crippen molar-refractivity contribution in [3.05, 3.63) is 56.5 Å². The quantitative estimate of drug-likeness (QED) is 0.224. The fourth-order valence-electron chi connectivity index (χ4n) is 2.97. The van der Waals surface area contributed by atoms with Crippen molar-refractivity contribution in [2.45, 2.75) is 6.42 Å². The van der Waals surface area contributed by atoms with E-state index in [1.165, 1.54) is 23.1 Å². The van der Waals surface area contributed by atoms with Crippen LogP contribution < -0.4 is 4.90 Å². The SMILES string of the molecule is CN(C)CCCN(c1nc(-c2ccc(Cl)c(Cl)c2)ns1)c1nc(-c2ccc(Cl)c(Cl)c2)ns1. The summed E-state index contributed by atoms with van der Waals surface area (Å²) in [6.45, 7) is 1.64. The predicted molar refractivity (Wildman–Crippen MR) is 141 cm³/mol. The molecule has 0 spiro atoms. The van der Waals surface area contributed by atoms with Crippen molar-refractivity contribution < 1.29 is 0 Å². The van der Waals surface area contributed by atoms with E-state index >= 15 is 0 Å². The largest absolute Gasteiger partial charge is 0.309 e. The van der Waals surface area contributed by atoms with Gasteiger partial charge in [-0.05, 0) is 63.5 Å². The minimum absolute atomic E-state index is 0.462. The van der Waals surface area contributed by atoms with E-state index < -0.39 is 0 Å². The van der Waals surface area contributed by atoms with Crippen molar-refractivity contribution >= 4 is 79.7 Å². The summed E-state index contributed by atoms with van der Waals surface area (Å²) in [7, 11) is 4.09. The molecule has 2 aromatic heterocycles. The molecule has 0 aliphatic heterocycles. The molecule has 4 aromatic rings. The summed E-state index contributed by atoms with van der Waals surface area (Å²) in [6.07, 6.45) is 0.913. The van der Waals surface area contributed by atoms with Gasteiger partial charge in [0.25, 0.3) is 0 Å². The Labute approximate surface area is 220 Å². The maximum Gasteiger partial charge on any atom is 0.211 e. The van der Waals surface area contributed by atoms with Crippen LogP contribution in [-0.2, 0) is 0 Å². The first kappa shape index (κ1) is 24.6. The molecular weight excluding hydrogens is 542 g/mol. The topological polar surface area (TPSA) is 58.0 Å². The minimum atomic E-state index is 0.462. The van der Waals surface area contributed by atoms with Crippen LogP contribution in [0, 0.1) is 0 Å². The van der Waals surface area contributed by atoms with Gasteiger partial charge in [0.15, 0.2) is 11.6 Å². The maximum atomic E-state index is 6.18. The number of hydrogen-bond acceptors (Lipinski definition) is 8. The summed E-state index contributed by atoms with van der Waals surface area (Å²) < 4.78 is 9.07. The molecule has 4 rings (SSSR count). The van der Waals surface area contributed by atoms with Crippen molar-refractivity contribution in [2.24, 2.45) is 0 Å². The van der Waals surface area contributed by atoms with E-state index in [9.17, 15) is 0 Å². The highest BCUT2D eigenvalue weighted by Gasteiger charge is 2.20. The van der Waals surface area contributed by atoms with Gasteiger partial charge in [0.05, 0.1) is 20.1 Å². The number of anilines is 2. The molecule has 0 fully saturated rings. The van der Waals surface area contributed by atoms with E-state index in [2.05, 4.69) is 13.6 Å². The smallest absolute Gasteiger partial charge is 0.211 e. The third kappa shape index (κ3) is 5.95. The van der Waals surface area contributed by atoms with Crippen molar-refractivity contribution in [1.82, 2.24) is 23.6 Å². The first-order chi connectivity index (χ1) is 15.8. The molecule has 172 valence electrons. The molecule has 0 saturated heterocycles. The van der Waals surface area contributed by atoms with Gasteiger partial charge >= 0.3 is 0 Å². The third-order valence-corrected chi connectivity index (χ3v) is 7.59. The Morgan fingerprint density at radius 3 is 1.61 bits per heavy atom. The lowest BCUT2D eigenvalue weighted by molar-refractivity contribution is 0.402. The van der Waals surface area contributed by atoms with E-state index in [0.29, 0.717) is 38.3 Å². The van der Waals surface area contributed by atoms with Crippen molar-refractivity contribution in [3.63, 3.8) is 0 Å². The van der Waals surface area contributed by atoms with E-state index in [1.54, 1.807) is 24.3 Å². The lowest BCUT2D eigenvalue weighted by atomic mass is 10.2. The van der Waals surface area contributed by atoms with Crippen LogP contribution in [0.3, 0.4) is 0 Å². The number of rotatable bonds is 8. The third-order valence-electron chi connectivity index (χ3n) is 4.64. The first-order valence-corrected chi connectivity index (χ1v) is 12.9. The molecule has 6 nitrogen and oxygen atoms in total. The molecule has 0 aliphatic rings. The van der Waals surface area contributed by atoms with Gasteiger partial charge in [-0.2, -0.15) is 18.7 Å². The molecule has 0 aliphatic carbocycles. The maximum absolute atomic E-state index is 6.18. The zero-order valence-electron chi connectivity index (χ0n) is 17.6. The molecule has 0 bridgehead atoms. The highest BCUT2D eigenvalue weighted by Crippen LogP contribution is 2.35. The number of halogens is 4. The standard InChI is InChI=1S/C21H18Cl4N6S2/c1-30(2)8-3-9-31(20-26-18(28-32-20)12-4-6-14(22)16(24)10-12)21-27-19(29-33-21)13-5-7-15(23)17(25)11-13/h4-7,10-11H,3,8-9H2,1-2H3. The lowest BCUT2D eigenvalue weighted by Crippen LogP contribution is -2.23. The monoisotopic (exact) mass is 558 g/mol. The normalized spacial score (nSPS) is 11.4. The molecule has 2 heterocycles. The Morgan fingerprint density at radius 1 is 0.697 bits per heavy atom. The molecule has 0 saturated carbocycles. The van der Waals surface area contributed by atoms with E-state index in [4.69, 9.17) is 56.4 Å². The second-order valence-electron chi connectivity index (χ2n) is 7.37. The number of nitrogens with zero attached hydrogens (tertiary/aromatic N) is 6. The molecule has 0 radical (unpaired) electrons. The van der Waals surface area contributed by atoms with Gasteiger partial charge in [0.2, 0.25) is 10.3 Å². The molecule has 0 N–H and O–H groups in total. The van der Waals surface area contributed by atoms with Gasteiger partial charge in [-0.3, -0.25) is 4.90 Å². The molecular formula is C21H18Cl4N6S2. The Bertz CT molecular complexity index is 1170. The van der Waals surface area contributed by atoms with Gasteiger partial charge in [0, 0.05) is 40.7 Å². The Kier molecular flexibility index (Phi) is 8.07. The van der Waals surface area contributed by atoms with Crippen LogP contribution in [0.1, 0.15) is 6.42 Å². The summed E-state index contributed by atoms with van der Waals surface area (Å²) >= 11 is 27.0. The fourth-order valence-corrected chi connectivity index (χ4v) is 5.06. The number of aromatic nitrogens is 4. The molecule has 2 aromatic carbocycles. The summed E-state index contributed by atoms with van der Waals surface area (Å²) in [6, 6.07) is 10.7. The Balaban J connectivity index is 1.64. The highest BCUT2D eigenvalue weighted by atomic mass is 35.5. The average Bonchev–Trinajstić information content (AvgIpc) is 3.45. The minimum Gasteiger partial charge on any atom is -0.309 e. The van der Waals surface area contributed by atoms with Gasteiger partial charge in [0.1, 0.15) is 0 Å². The molecule has 0 atom stereocenters. The molecule has 0 unspecified atom stereocenters. The van der Waals surface area contributed by atoms with E-state index in [0.717, 1.165) is 34.4 Å². The van der Waals surface area contributed by atoms with Crippen LogP contribution in [0.2, 0.25) is 20.1 Å². The van der Waals surface area contributed by atoms with Crippen molar-refractivity contribution in [1.29, 1.82) is 0 Å². The van der Waals surface area contributed by atoms with Gasteiger partial charge in [-0.1, -0.05) is 46.4 Å². The first-order valence-electron chi connectivity index (χ1n) is 9.82. The Morgan fingerprint density at radius 2 is 1.18 bits per heavy atom. The van der Waals surface area contributed by atoms with Crippen LogP contribution in [0.4, 0.5) is 10.3 Å². The van der Waals surface area contributed by atoms with Crippen LogP contribution >= 0.6 is 69.5 Å². The highest BCUT2D eigenvalue weighted by molar-refractivity contribution is 7.12. The second-order valence-corrected chi connectivity index (χ2v) is 10.5. The van der Waals surface area contributed by atoms with Crippen molar-refractivity contribution in [3.8, 4) is 22.8 Å². The van der Waals surface area contributed by atoms with Crippen LogP contribution in [0.5, 0.6) is 0 Å². The van der Waals surface area contributed by atoms with Gasteiger partial charge < -0.3 is 4.90 Å². The average molecular weight is 560 g/mol. The van der Waals surface area contributed by atoms with E-state index in [1.807, 2.05) is 31.1 Å². The van der Waals surface area contributed by atoms with Crippen LogP contribution in [0.25, 0.3) is 22.8 Å². The number of benzene rings is 2. The molecule has 33 heavy (non-hydrogen) atoms. The van der Waals surface area contributed by atoms with E-state index in [-0.39, 0.29) is 0 Å². The fraction of sp³-hybridized carbons (Fsp3) is 0.238. The van der Waals surface area contributed by atoms with Crippen LogP contribution in [-0.4, -0.2) is 50.8 Å². The lowest BCUT2D eigenvalue weighted by Gasteiger charge is -2.19. The van der Waals surface area contributed by atoms with Crippen LogP contribution in [0.15, 0.2) is 36.4 Å². The van der Waals surface area contributed by atoms with Crippen molar-refractivity contribution in [2.75, 3.05) is 32.1 Å². The summed E-state index contributed by atoms with van der Waals surface area (Å²) in [5.74, 6) is 1.17. The summed E-state index contributed by atoms with van der Waals surface area (Å²) in [5.41, 5.74) is 1.60. The Hall–Kier alpha value is -1.52. The second kappa shape index (κ2) is 10.8. The predicted octanol–water partition coefficient (Wildman–Crippen LogP) is 7.43. The van der Waals surface area contributed by atoms with Gasteiger partial charge in [-0.15, -0.1) is 0 Å². The zero-order valence-corrected chi connectivity index (χ0v) is 22.3. The molecule has 12 heteroatoms. The summed E-state index contributed by atoms with van der Waals surface area (Å²) in [5, 5.41) is 3.36. The van der Waals surface area contributed by atoms with Gasteiger partial charge in [-0.25, -0.2) is 0 Å². The number of hydrogen-bond donors (Lipinski definition) is 0. The summed E-state index contributed by atoms with van der Waals surface area (Å²) in [4.78, 5) is 13.7. The zero-order chi connectivity index (χ0) is 23.5.